The lowest BCUT2D eigenvalue weighted by Gasteiger charge is -2.34. The Morgan fingerprint density at radius 1 is 1.06 bits per heavy atom. The molecule has 10 heteroatoms. The Kier molecular flexibility index (Phi) is 6.78. The van der Waals surface area contributed by atoms with Gasteiger partial charge in [-0.1, -0.05) is 12.1 Å². The lowest BCUT2D eigenvalue weighted by molar-refractivity contribution is -0.138. The van der Waals surface area contributed by atoms with Gasteiger partial charge in [0.25, 0.3) is 5.91 Å². The van der Waals surface area contributed by atoms with E-state index in [1.165, 1.54) is 23.1 Å². The van der Waals surface area contributed by atoms with Gasteiger partial charge in [-0.15, -0.1) is 0 Å². The topological polar surface area (TPSA) is 79.0 Å². The largest absolute Gasteiger partial charge is 0.450 e. The maximum atomic E-state index is 13.3. The van der Waals surface area contributed by atoms with Gasteiger partial charge in [0.15, 0.2) is 0 Å². The van der Waals surface area contributed by atoms with Crippen molar-refractivity contribution in [3.63, 3.8) is 0 Å². The highest BCUT2D eigenvalue weighted by atomic mass is 19.4. The fraction of sp³-hybridized carbons (Fsp3) is 0.625. The van der Waals surface area contributed by atoms with E-state index in [4.69, 9.17) is 4.74 Å². The molecule has 1 atom stereocenters. The second-order valence-electron chi connectivity index (χ2n) is 9.42. The molecule has 0 radical (unpaired) electrons. The van der Waals surface area contributed by atoms with Crippen LogP contribution in [-0.4, -0.2) is 66.5 Å². The minimum absolute atomic E-state index is 0.00298. The van der Waals surface area contributed by atoms with E-state index in [-0.39, 0.29) is 34.9 Å². The molecule has 3 aliphatic rings. The molecule has 2 aliphatic heterocycles. The highest BCUT2D eigenvalue weighted by Gasteiger charge is 2.59. The summed E-state index contributed by atoms with van der Waals surface area (Å²) in [6.45, 7) is 3.85. The molecule has 1 spiro atoms. The first-order valence-electron chi connectivity index (χ1n) is 11.8. The van der Waals surface area contributed by atoms with E-state index in [0.717, 1.165) is 12.5 Å². The lowest BCUT2D eigenvalue weighted by Crippen LogP contribution is -2.47. The highest BCUT2D eigenvalue weighted by molar-refractivity contribution is 5.96. The van der Waals surface area contributed by atoms with Crippen LogP contribution in [-0.2, 0) is 15.7 Å². The summed E-state index contributed by atoms with van der Waals surface area (Å²) < 4.78 is 44.9. The minimum atomic E-state index is -4.59. The van der Waals surface area contributed by atoms with Gasteiger partial charge in [0.1, 0.15) is 0 Å². The van der Waals surface area contributed by atoms with E-state index in [0.29, 0.717) is 58.5 Å². The molecule has 1 aromatic rings. The molecule has 1 aliphatic carbocycles. The van der Waals surface area contributed by atoms with E-state index >= 15 is 0 Å². The Morgan fingerprint density at radius 3 is 2.32 bits per heavy atom. The number of amides is 3. The zero-order valence-corrected chi connectivity index (χ0v) is 19.2. The molecule has 1 unspecified atom stereocenters. The molecule has 1 saturated carbocycles. The molecular weight excluding hydrogens is 451 g/mol. The second kappa shape index (κ2) is 9.46. The van der Waals surface area contributed by atoms with Gasteiger partial charge in [0.2, 0.25) is 5.91 Å². The number of halogens is 3. The van der Waals surface area contributed by atoms with Gasteiger partial charge in [-0.25, -0.2) is 4.79 Å². The van der Waals surface area contributed by atoms with Crippen LogP contribution < -0.4 is 5.32 Å². The molecule has 1 N–H and O–H groups in total. The van der Waals surface area contributed by atoms with Crippen LogP contribution in [0.4, 0.5) is 18.0 Å². The van der Waals surface area contributed by atoms with Crippen LogP contribution in [0.2, 0.25) is 0 Å². The number of carbonyl (C=O) groups excluding carboxylic acids is 3. The van der Waals surface area contributed by atoms with E-state index in [1.54, 1.807) is 11.8 Å². The first-order chi connectivity index (χ1) is 16.1. The number of nitrogens with zero attached hydrogens (tertiary/aromatic N) is 2. The average molecular weight is 482 g/mol. The molecule has 3 amide bonds. The predicted molar refractivity (Wildman–Crippen MR) is 117 cm³/mol. The van der Waals surface area contributed by atoms with Gasteiger partial charge >= 0.3 is 12.3 Å². The molecule has 34 heavy (non-hydrogen) atoms. The van der Waals surface area contributed by atoms with Gasteiger partial charge in [-0.05, 0) is 56.6 Å². The third kappa shape index (κ3) is 5.00. The third-order valence-electron chi connectivity index (χ3n) is 7.38. The molecule has 1 aromatic carbocycles. The summed E-state index contributed by atoms with van der Waals surface area (Å²) in [6, 6.07) is 4.87. The number of piperidine rings is 2. The zero-order valence-electron chi connectivity index (χ0n) is 19.2. The number of likely N-dealkylation sites (tertiary alicyclic amines) is 2. The van der Waals surface area contributed by atoms with Crippen LogP contribution in [0.5, 0.6) is 0 Å². The Balaban J connectivity index is 1.27. The van der Waals surface area contributed by atoms with Crippen LogP contribution in [0.15, 0.2) is 24.3 Å². The van der Waals surface area contributed by atoms with Crippen LogP contribution >= 0.6 is 0 Å². The number of rotatable bonds is 4. The smallest absolute Gasteiger partial charge is 0.417 e. The molecule has 2 heterocycles. The van der Waals surface area contributed by atoms with E-state index in [9.17, 15) is 27.6 Å². The summed E-state index contributed by atoms with van der Waals surface area (Å²) in [7, 11) is 0. The summed E-state index contributed by atoms with van der Waals surface area (Å²) in [6.07, 6.45) is -1.63. The third-order valence-corrected chi connectivity index (χ3v) is 7.38. The van der Waals surface area contributed by atoms with Gasteiger partial charge in [0.05, 0.1) is 17.7 Å². The van der Waals surface area contributed by atoms with Gasteiger partial charge in [0, 0.05) is 38.1 Å². The zero-order chi connectivity index (χ0) is 24.5. The number of hydrogen-bond donors (Lipinski definition) is 1. The Morgan fingerprint density at radius 2 is 1.71 bits per heavy atom. The number of nitrogens with one attached hydrogen (secondary N) is 1. The van der Waals surface area contributed by atoms with E-state index in [2.05, 4.69) is 5.32 Å². The number of carbonyl (C=O) groups is 3. The first-order valence-corrected chi connectivity index (χ1v) is 11.8. The molecule has 0 bridgehead atoms. The van der Waals surface area contributed by atoms with Crippen molar-refractivity contribution >= 4 is 17.9 Å². The fourth-order valence-electron chi connectivity index (χ4n) is 5.24. The van der Waals surface area contributed by atoms with Crippen molar-refractivity contribution in [2.75, 3.05) is 32.8 Å². The summed E-state index contributed by atoms with van der Waals surface area (Å²) in [5.41, 5.74) is -1.42. The van der Waals surface area contributed by atoms with Gasteiger partial charge in [-0.2, -0.15) is 13.2 Å². The molecule has 0 aromatic heterocycles. The van der Waals surface area contributed by atoms with Crippen molar-refractivity contribution in [2.45, 2.75) is 51.2 Å². The van der Waals surface area contributed by atoms with Crippen LogP contribution in [0.1, 0.15) is 54.9 Å². The Bertz CT molecular complexity index is 936. The normalized spacial score (nSPS) is 22.4. The summed E-state index contributed by atoms with van der Waals surface area (Å²) in [5, 5.41) is 3.10. The van der Waals surface area contributed by atoms with E-state index in [1.807, 2.05) is 0 Å². The van der Waals surface area contributed by atoms with Crippen molar-refractivity contribution in [3.8, 4) is 0 Å². The maximum absolute atomic E-state index is 13.3. The second-order valence-corrected chi connectivity index (χ2v) is 9.42. The molecule has 2 saturated heterocycles. The minimum Gasteiger partial charge on any atom is -0.450 e. The highest BCUT2D eigenvalue weighted by Crippen LogP contribution is 2.59. The number of alkyl halides is 3. The number of benzene rings is 1. The average Bonchev–Trinajstić information content (AvgIpc) is 3.52. The summed E-state index contributed by atoms with van der Waals surface area (Å²) in [4.78, 5) is 40.6. The number of ether oxygens (including phenoxy) is 1. The van der Waals surface area contributed by atoms with Gasteiger partial charge < -0.3 is 19.9 Å². The van der Waals surface area contributed by atoms with Crippen molar-refractivity contribution in [1.29, 1.82) is 0 Å². The predicted octanol–water partition coefficient (Wildman–Crippen LogP) is 3.68. The summed E-state index contributed by atoms with van der Waals surface area (Å²) >= 11 is 0. The summed E-state index contributed by atoms with van der Waals surface area (Å²) in [5.74, 6) is -0.745. The molecule has 7 nitrogen and oxygen atoms in total. The lowest BCUT2D eigenvalue weighted by atomic mass is 9.90. The van der Waals surface area contributed by atoms with Crippen LogP contribution in [0.25, 0.3) is 0 Å². The quantitative estimate of drug-likeness (QED) is 0.712. The SMILES string of the molecule is CCOC(=O)N1CCC(NC(=O)C2CC23CCN(C(=O)c2ccccc2C(F)(F)F)CC3)CC1. The van der Waals surface area contributed by atoms with E-state index < -0.39 is 17.6 Å². The monoisotopic (exact) mass is 481 g/mol. The van der Waals surface area contributed by atoms with Crippen molar-refractivity contribution in [3.05, 3.63) is 35.4 Å². The van der Waals surface area contributed by atoms with Crippen LogP contribution in [0.3, 0.4) is 0 Å². The fourth-order valence-corrected chi connectivity index (χ4v) is 5.24. The maximum Gasteiger partial charge on any atom is 0.417 e. The van der Waals surface area contributed by atoms with Crippen molar-refractivity contribution in [2.24, 2.45) is 11.3 Å². The Hall–Kier alpha value is -2.78. The number of hydrogen-bond acceptors (Lipinski definition) is 4. The van der Waals surface area contributed by atoms with Gasteiger partial charge in [-0.3, -0.25) is 9.59 Å². The van der Waals surface area contributed by atoms with Crippen LogP contribution in [0, 0.1) is 11.3 Å². The standard InChI is InChI=1S/C24H30F3N3O4/c1-2-34-22(33)30-11-7-16(8-12-30)28-20(31)19-15-23(19)9-13-29(14-10-23)21(32)17-5-3-4-6-18(17)24(25,26)27/h3-6,16,19H,2,7-15H2,1H3,(H,28,31). The Labute approximate surface area is 196 Å². The molecule has 186 valence electrons. The molecule has 4 rings (SSSR count). The van der Waals surface area contributed by atoms with Crippen molar-refractivity contribution in [1.82, 2.24) is 15.1 Å². The van der Waals surface area contributed by atoms with Crippen molar-refractivity contribution < 1.29 is 32.3 Å². The molecule has 3 fully saturated rings. The molecular formula is C24H30F3N3O4. The first kappa shape index (κ1) is 24.3.